The molecule has 0 amide bonds. The van der Waals surface area contributed by atoms with Gasteiger partial charge < -0.3 is 9.80 Å². The summed E-state index contributed by atoms with van der Waals surface area (Å²) in [7, 11) is 0. The number of rotatable bonds is 10. The molecule has 0 aromatic heterocycles. The Balaban J connectivity index is 0.666. The third-order valence-electron chi connectivity index (χ3n) is 19.0. The summed E-state index contributed by atoms with van der Waals surface area (Å²) < 4.78 is 0. The molecule has 0 saturated heterocycles. The molecule has 0 aliphatic heterocycles. The Morgan fingerprint density at radius 3 is 0.954 bits per heavy atom. The van der Waals surface area contributed by atoms with Gasteiger partial charge in [-0.2, -0.15) is 5.26 Å². The van der Waals surface area contributed by atoms with Gasteiger partial charge in [-0.1, -0.05) is 224 Å². The quantitative estimate of drug-likeness (QED) is 0.101. The molecule has 12 aromatic carbocycles. The van der Waals surface area contributed by atoms with E-state index in [1.807, 2.05) is 36.4 Å². The van der Waals surface area contributed by atoms with E-state index in [0.29, 0.717) is 11.3 Å². The van der Waals surface area contributed by atoms with E-state index in [-0.39, 0.29) is 16.2 Å². The molecule has 414 valence electrons. The van der Waals surface area contributed by atoms with Gasteiger partial charge in [0.15, 0.2) is 5.69 Å². The third kappa shape index (κ3) is 8.87. The molecule has 0 fully saturated rings. The van der Waals surface area contributed by atoms with Crippen molar-refractivity contribution in [3.05, 3.63) is 315 Å². The maximum atomic E-state index is 9.64. The lowest BCUT2D eigenvalue weighted by Gasteiger charge is -2.28. The van der Waals surface area contributed by atoms with Crippen molar-refractivity contribution in [2.24, 2.45) is 0 Å². The summed E-state index contributed by atoms with van der Waals surface area (Å²) in [6, 6.07) is 90.1. The molecular weight excluding hydrogens is 1050 g/mol. The average molecular weight is 1120 g/mol. The van der Waals surface area contributed by atoms with E-state index < -0.39 is 0 Å². The molecule has 4 nitrogen and oxygen atoms in total. The standard InChI is InChI=1S/C83H62N4/c1-81(2)75-44-53(16-18-55-24-40-71-73-42-36-67(50-79(73)82(3,4)77(71)46-55)86(63-30-20-57(52-84)21-31-63)65-32-26-58-12-8-10-14-60(58)48-65)22-38-69(75)70-39-23-54(45-76(70)81)17-19-56-25-41-72-74-43-37-68(51-80(74)83(5,6)78(72)47-56)87(64-34-28-62(85-7)29-35-64)66-33-27-59-13-9-11-15-61(59)49-66/h8-51H,1-6H3. The second-order valence-electron chi connectivity index (χ2n) is 25.2. The molecule has 0 heterocycles. The van der Waals surface area contributed by atoms with Gasteiger partial charge in [-0.3, -0.25) is 0 Å². The van der Waals surface area contributed by atoms with Crippen LogP contribution in [0, 0.1) is 17.9 Å². The third-order valence-corrected chi connectivity index (χ3v) is 19.0. The second-order valence-corrected chi connectivity index (χ2v) is 25.2. The maximum absolute atomic E-state index is 9.64. The molecule has 3 aliphatic carbocycles. The minimum atomic E-state index is -0.239. The van der Waals surface area contributed by atoms with E-state index in [1.54, 1.807) is 0 Å². The molecule has 12 aromatic rings. The maximum Gasteiger partial charge on any atom is 0.187 e. The molecule has 0 bridgehead atoms. The highest BCUT2D eigenvalue weighted by atomic mass is 15.1. The number of nitrogens with zero attached hydrogens (tertiary/aromatic N) is 4. The summed E-state index contributed by atoms with van der Waals surface area (Å²) in [5.74, 6) is 0. The van der Waals surface area contributed by atoms with Crippen LogP contribution in [0.2, 0.25) is 0 Å². The first kappa shape index (κ1) is 53.0. The number of benzene rings is 12. The van der Waals surface area contributed by atoms with Crippen LogP contribution >= 0.6 is 0 Å². The minimum absolute atomic E-state index is 0.183. The smallest absolute Gasteiger partial charge is 0.187 e. The van der Waals surface area contributed by atoms with Crippen molar-refractivity contribution < 1.29 is 0 Å². The van der Waals surface area contributed by atoms with Crippen LogP contribution in [0.25, 0.3) is 84.1 Å². The lowest BCUT2D eigenvalue weighted by Crippen LogP contribution is -2.16. The zero-order valence-electron chi connectivity index (χ0n) is 49.7. The Morgan fingerprint density at radius 1 is 0.322 bits per heavy atom. The zero-order chi connectivity index (χ0) is 59.3. The van der Waals surface area contributed by atoms with E-state index in [9.17, 15) is 5.26 Å². The summed E-state index contributed by atoms with van der Waals surface area (Å²) in [5.41, 5.74) is 27.3. The van der Waals surface area contributed by atoms with Crippen molar-refractivity contribution in [2.45, 2.75) is 57.8 Å². The SMILES string of the molecule is [C-]#[N+]c1ccc(N(c2ccc3c(c2)C(C)(C)c2cc(C=Cc4ccc5c(c4)C(C)(C)c4cc(C=Cc6ccc7c(c6)C(C)(C)c6cc(N(c8ccc(C#N)cc8)c8ccc9ccccc9c8)ccc6-7)ccc4-5)ccc2-3)c2ccc3ccccc3c2)cc1. The first-order chi connectivity index (χ1) is 42.2. The van der Waals surface area contributed by atoms with E-state index in [2.05, 4.69) is 293 Å². The Hall–Kier alpha value is -10.8. The fourth-order valence-electron chi connectivity index (χ4n) is 14.2. The van der Waals surface area contributed by atoms with Gasteiger partial charge in [0.1, 0.15) is 0 Å². The van der Waals surface area contributed by atoms with E-state index in [1.165, 1.54) is 111 Å². The zero-order valence-corrected chi connectivity index (χ0v) is 49.7. The largest absolute Gasteiger partial charge is 0.311 e. The highest BCUT2D eigenvalue weighted by Gasteiger charge is 2.39. The van der Waals surface area contributed by atoms with Gasteiger partial charge in [-0.25, -0.2) is 4.85 Å². The first-order valence-electron chi connectivity index (χ1n) is 30.0. The van der Waals surface area contributed by atoms with Gasteiger partial charge in [0.05, 0.1) is 18.2 Å². The number of hydrogen-bond acceptors (Lipinski definition) is 3. The summed E-state index contributed by atoms with van der Waals surface area (Å²) >= 11 is 0. The number of fused-ring (bicyclic) bond motifs is 11. The van der Waals surface area contributed by atoms with E-state index >= 15 is 0 Å². The molecule has 0 spiro atoms. The van der Waals surface area contributed by atoms with Crippen molar-refractivity contribution in [1.82, 2.24) is 0 Å². The summed E-state index contributed by atoms with van der Waals surface area (Å²) in [5, 5.41) is 14.4. The predicted octanol–water partition coefficient (Wildman–Crippen LogP) is 22.6. The Morgan fingerprint density at radius 2 is 0.609 bits per heavy atom. The van der Waals surface area contributed by atoms with Crippen LogP contribution in [0.1, 0.15) is 103 Å². The van der Waals surface area contributed by atoms with Crippen molar-refractivity contribution in [3.63, 3.8) is 0 Å². The summed E-state index contributed by atoms with van der Waals surface area (Å²) in [6.07, 6.45) is 9.09. The number of hydrogen-bond donors (Lipinski definition) is 0. The van der Waals surface area contributed by atoms with Crippen LogP contribution in [0.15, 0.2) is 243 Å². The van der Waals surface area contributed by atoms with Crippen LogP contribution < -0.4 is 9.80 Å². The van der Waals surface area contributed by atoms with Crippen LogP contribution in [0.5, 0.6) is 0 Å². The Labute approximate surface area is 510 Å². The molecule has 3 aliphatic rings. The molecule has 0 unspecified atom stereocenters. The molecule has 0 saturated carbocycles. The van der Waals surface area contributed by atoms with Gasteiger partial charge in [0, 0.05) is 50.4 Å². The lowest BCUT2D eigenvalue weighted by molar-refractivity contribution is 0.660. The van der Waals surface area contributed by atoms with Gasteiger partial charge in [0.25, 0.3) is 0 Å². The second kappa shape index (κ2) is 20.2. The number of anilines is 6. The van der Waals surface area contributed by atoms with Crippen LogP contribution in [0.4, 0.5) is 39.8 Å². The van der Waals surface area contributed by atoms with Crippen molar-refractivity contribution >= 4 is 85.7 Å². The normalized spacial score (nSPS) is 14.3. The summed E-state index contributed by atoms with van der Waals surface area (Å²) in [6.45, 7) is 21.7. The topological polar surface area (TPSA) is 34.6 Å². The van der Waals surface area contributed by atoms with Crippen LogP contribution in [-0.2, 0) is 16.2 Å². The van der Waals surface area contributed by atoms with Crippen LogP contribution in [-0.4, -0.2) is 0 Å². The minimum Gasteiger partial charge on any atom is -0.311 e. The van der Waals surface area contributed by atoms with E-state index in [4.69, 9.17) is 6.57 Å². The molecular formula is C83H62N4. The lowest BCUT2D eigenvalue weighted by atomic mass is 9.81. The van der Waals surface area contributed by atoms with Gasteiger partial charge in [-0.15, -0.1) is 0 Å². The first-order valence-corrected chi connectivity index (χ1v) is 30.0. The monoisotopic (exact) mass is 1110 g/mol. The molecule has 4 heteroatoms. The van der Waals surface area contributed by atoms with Crippen LogP contribution in [0.3, 0.4) is 0 Å². The van der Waals surface area contributed by atoms with Crippen molar-refractivity contribution in [3.8, 4) is 39.4 Å². The average Bonchev–Trinajstić information content (AvgIpc) is 2.82. The highest BCUT2D eigenvalue weighted by molar-refractivity contribution is 5.94. The molecule has 87 heavy (non-hydrogen) atoms. The van der Waals surface area contributed by atoms with Gasteiger partial charge >= 0.3 is 0 Å². The number of nitriles is 1. The van der Waals surface area contributed by atoms with E-state index in [0.717, 1.165) is 34.1 Å². The fraction of sp³-hybridized carbons (Fsp3) is 0.108. The molecule has 15 rings (SSSR count). The summed E-state index contributed by atoms with van der Waals surface area (Å²) in [4.78, 5) is 8.30. The Kier molecular flexibility index (Phi) is 12.3. The molecule has 0 atom stereocenters. The fourth-order valence-corrected chi connectivity index (χ4v) is 14.2. The van der Waals surface area contributed by atoms with Gasteiger partial charge in [-0.05, 0) is 195 Å². The highest BCUT2D eigenvalue weighted by Crippen LogP contribution is 2.54. The van der Waals surface area contributed by atoms with Crippen molar-refractivity contribution in [1.29, 1.82) is 5.26 Å². The Bertz CT molecular complexity index is 4660. The van der Waals surface area contributed by atoms with Gasteiger partial charge in [0.2, 0.25) is 0 Å². The molecule has 0 N–H and O–H groups in total. The predicted molar refractivity (Wildman–Crippen MR) is 365 cm³/mol. The molecule has 0 radical (unpaired) electrons. The van der Waals surface area contributed by atoms with Crippen molar-refractivity contribution in [2.75, 3.05) is 9.80 Å².